The number of nitrogens with one attached hydrogen (secondary N) is 1. The molecule has 9 heteroatoms. The number of carbonyl (C=O) groups excluding carboxylic acids is 1. The zero-order valence-corrected chi connectivity index (χ0v) is 21.0. The van der Waals surface area contributed by atoms with E-state index < -0.39 is 15.9 Å². The fraction of sp³-hybridized carbons (Fsp3) is 0.174. The number of carbonyl (C=O) groups is 1. The summed E-state index contributed by atoms with van der Waals surface area (Å²) in [7, 11) is -3.97. The number of benzene rings is 3. The molecule has 1 atom stereocenters. The molecule has 0 spiro atoms. The molecule has 3 rings (SSSR count). The first-order chi connectivity index (χ1) is 15.1. The van der Waals surface area contributed by atoms with Crippen LogP contribution in [0.2, 0.25) is 10.0 Å². The third-order valence-corrected chi connectivity index (χ3v) is 7.53. The van der Waals surface area contributed by atoms with E-state index in [9.17, 15) is 13.2 Å². The van der Waals surface area contributed by atoms with Gasteiger partial charge >= 0.3 is 0 Å². The van der Waals surface area contributed by atoms with Crippen LogP contribution >= 0.6 is 39.1 Å². The Hall–Kier alpha value is -1.90. The molecule has 0 aliphatic rings. The van der Waals surface area contributed by atoms with E-state index in [1.54, 1.807) is 24.3 Å². The Bertz CT molecular complexity index is 1200. The SMILES string of the molecule is CC(NC(=O)CN(Cc1cccc(Cl)c1)S(=O)(=O)c1ccc(Cl)cc1)c1cccc(Br)c1. The minimum absolute atomic E-state index is 0.00972. The zero-order valence-electron chi connectivity index (χ0n) is 17.1. The van der Waals surface area contributed by atoms with Gasteiger partial charge in [0.2, 0.25) is 15.9 Å². The van der Waals surface area contributed by atoms with Crippen LogP contribution in [0.4, 0.5) is 0 Å². The minimum Gasteiger partial charge on any atom is -0.348 e. The second kappa shape index (κ2) is 10.8. The molecule has 0 saturated heterocycles. The number of hydrogen-bond acceptors (Lipinski definition) is 3. The van der Waals surface area contributed by atoms with Gasteiger partial charge in [0.05, 0.1) is 17.5 Å². The van der Waals surface area contributed by atoms with Gasteiger partial charge in [-0.3, -0.25) is 4.79 Å². The molecule has 0 heterocycles. The third kappa shape index (κ3) is 6.56. The molecule has 0 fully saturated rings. The van der Waals surface area contributed by atoms with Gasteiger partial charge in [-0.1, -0.05) is 63.4 Å². The van der Waals surface area contributed by atoms with Gasteiger partial charge in [-0.25, -0.2) is 8.42 Å². The topological polar surface area (TPSA) is 66.5 Å². The number of rotatable bonds is 8. The highest BCUT2D eigenvalue weighted by atomic mass is 79.9. The van der Waals surface area contributed by atoms with Crippen molar-refractivity contribution < 1.29 is 13.2 Å². The lowest BCUT2D eigenvalue weighted by Crippen LogP contribution is -2.41. The zero-order chi connectivity index (χ0) is 23.3. The standard InChI is InChI=1S/C23H21BrCl2N2O3S/c1-16(18-5-3-6-19(24)13-18)27-23(29)15-28(14-17-4-2-7-21(26)12-17)32(30,31)22-10-8-20(25)9-11-22/h2-13,16H,14-15H2,1H3,(H,27,29). The Kier molecular flexibility index (Phi) is 8.36. The summed E-state index contributed by atoms with van der Waals surface area (Å²) in [5.74, 6) is -0.419. The van der Waals surface area contributed by atoms with Crippen molar-refractivity contribution in [1.82, 2.24) is 9.62 Å². The molecule has 0 bridgehead atoms. The molecular weight excluding hydrogens is 535 g/mol. The smallest absolute Gasteiger partial charge is 0.243 e. The van der Waals surface area contributed by atoms with Crippen LogP contribution in [0.5, 0.6) is 0 Å². The Morgan fingerprint density at radius 1 is 1.00 bits per heavy atom. The minimum atomic E-state index is -3.97. The van der Waals surface area contributed by atoms with Crippen molar-refractivity contribution in [2.24, 2.45) is 0 Å². The normalized spacial score (nSPS) is 12.5. The molecule has 1 unspecified atom stereocenters. The van der Waals surface area contributed by atoms with Crippen molar-refractivity contribution in [2.45, 2.75) is 24.4 Å². The molecule has 3 aromatic rings. The van der Waals surface area contributed by atoms with E-state index in [1.165, 1.54) is 24.3 Å². The molecule has 0 saturated carbocycles. The first-order valence-electron chi connectivity index (χ1n) is 9.70. The Morgan fingerprint density at radius 2 is 1.69 bits per heavy atom. The van der Waals surface area contributed by atoms with Crippen molar-refractivity contribution in [3.05, 3.63) is 98.4 Å². The summed E-state index contributed by atoms with van der Waals surface area (Å²) < 4.78 is 28.7. The maximum atomic E-state index is 13.3. The van der Waals surface area contributed by atoms with E-state index in [0.717, 1.165) is 14.3 Å². The summed E-state index contributed by atoms with van der Waals surface area (Å²) in [6.45, 7) is 1.48. The van der Waals surface area contributed by atoms with Gasteiger partial charge in [-0.05, 0) is 66.6 Å². The molecule has 168 valence electrons. The van der Waals surface area contributed by atoms with Crippen molar-refractivity contribution in [3.63, 3.8) is 0 Å². The molecule has 0 aliphatic heterocycles. The van der Waals surface area contributed by atoms with E-state index >= 15 is 0 Å². The van der Waals surface area contributed by atoms with Crippen LogP contribution < -0.4 is 5.32 Å². The average molecular weight is 556 g/mol. The van der Waals surface area contributed by atoms with Crippen molar-refractivity contribution in [3.8, 4) is 0 Å². The molecule has 3 aromatic carbocycles. The lowest BCUT2D eigenvalue weighted by Gasteiger charge is -2.23. The summed E-state index contributed by atoms with van der Waals surface area (Å²) in [5, 5.41) is 3.78. The maximum Gasteiger partial charge on any atom is 0.243 e. The van der Waals surface area contributed by atoms with E-state index in [0.29, 0.717) is 15.6 Å². The number of sulfonamides is 1. The van der Waals surface area contributed by atoms with Crippen LogP contribution in [0.25, 0.3) is 0 Å². The van der Waals surface area contributed by atoms with Crippen LogP contribution in [-0.4, -0.2) is 25.2 Å². The van der Waals surface area contributed by atoms with E-state index in [1.807, 2.05) is 31.2 Å². The number of nitrogens with zero attached hydrogens (tertiary/aromatic N) is 1. The molecule has 0 aliphatic carbocycles. The predicted octanol–water partition coefficient (Wildman–Crippen LogP) is 5.82. The Morgan fingerprint density at radius 3 is 2.34 bits per heavy atom. The molecule has 5 nitrogen and oxygen atoms in total. The van der Waals surface area contributed by atoms with Gasteiger partial charge in [-0.2, -0.15) is 4.31 Å². The van der Waals surface area contributed by atoms with Gasteiger partial charge in [0.1, 0.15) is 0 Å². The number of halogens is 3. The van der Waals surface area contributed by atoms with Gasteiger partial charge < -0.3 is 5.32 Å². The van der Waals surface area contributed by atoms with Crippen molar-refractivity contribution in [1.29, 1.82) is 0 Å². The van der Waals surface area contributed by atoms with Gasteiger partial charge in [0.15, 0.2) is 0 Å². The van der Waals surface area contributed by atoms with Gasteiger partial charge in [-0.15, -0.1) is 0 Å². The first kappa shape index (κ1) is 24.7. The molecule has 0 aromatic heterocycles. The quantitative estimate of drug-likeness (QED) is 0.380. The highest BCUT2D eigenvalue weighted by Gasteiger charge is 2.27. The fourth-order valence-electron chi connectivity index (χ4n) is 3.13. The summed E-state index contributed by atoms with van der Waals surface area (Å²) in [6, 6.07) is 20.0. The van der Waals surface area contributed by atoms with Gasteiger partial charge in [0.25, 0.3) is 0 Å². The molecular formula is C23H21BrCl2N2O3S. The third-order valence-electron chi connectivity index (χ3n) is 4.75. The Balaban J connectivity index is 1.84. The summed E-state index contributed by atoms with van der Waals surface area (Å²) in [5.41, 5.74) is 1.57. The lowest BCUT2D eigenvalue weighted by molar-refractivity contribution is -0.122. The van der Waals surface area contributed by atoms with Crippen LogP contribution in [0.3, 0.4) is 0 Å². The summed E-state index contributed by atoms with van der Waals surface area (Å²) in [4.78, 5) is 12.9. The van der Waals surface area contributed by atoms with E-state index in [-0.39, 0.29) is 24.0 Å². The van der Waals surface area contributed by atoms with Crippen molar-refractivity contribution >= 4 is 55.1 Å². The van der Waals surface area contributed by atoms with Crippen LogP contribution in [0, 0.1) is 0 Å². The van der Waals surface area contributed by atoms with E-state index in [4.69, 9.17) is 23.2 Å². The lowest BCUT2D eigenvalue weighted by atomic mass is 10.1. The van der Waals surface area contributed by atoms with Crippen LogP contribution in [-0.2, 0) is 21.4 Å². The fourth-order valence-corrected chi connectivity index (χ4v) is 5.27. The average Bonchev–Trinajstić information content (AvgIpc) is 2.73. The molecule has 32 heavy (non-hydrogen) atoms. The Labute approximate surface area is 206 Å². The maximum absolute atomic E-state index is 13.3. The highest BCUT2D eigenvalue weighted by Crippen LogP contribution is 2.22. The van der Waals surface area contributed by atoms with Crippen molar-refractivity contribution in [2.75, 3.05) is 6.54 Å². The molecule has 1 amide bonds. The van der Waals surface area contributed by atoms with Gasteiger partial charge in [0, 0.05) is 21.1 Å². The number of amides is 1. The highest BCUT2D eigenvalue weighted by molar-refractivity contribution is 9.10. The van der Waals surface area contributed by atoms with Crippen LogP contribution in [0.1, 0.15) is 24.1 Å². The second-order valence-corrected chi connectivity index (χ2v) is 10.9. The second-order valence-electron chi connectivity index (χ2n) is 7.20. The monoisotopic (exact) mass is 554 g/mol. The molecule has 1 N–H and O–H groups in total. The van der Waals surface area contributed by atoms with Crippen LogP contribution in [0.15, 0.2) is 82.2 Å². The summed E-state index contributed by atoms with van der Waals surface area (Å²) >= 11 is 15.4. The largest absolute Gasteiger partial charge is 0.348 e. The first-order valence-corrected chi connectivity index (χ1v) is 12.7. The summed E-state index contributed by atoms with van der Waals surface area (Å²) in [6.07, 6.45) is 0. The van der Waals surface area contributed by atoms with E-state index in [2.05, 4.69) is 21.2 Å². The number of hydrogen-bond donors (Lipinski definition) is 1. The predicted molar refractivity (Wildman–Crippen MR) is 131 cm³/mol. The molecule has 0 radical (unpaired) electrons.